The van der Waals surface area contributed by atoms with Crippen LogP contribution in [0.1, 0.15) is 42.1 Å². The summed E-state index contributed by atoms with van der Waals surface area (Å²) in [6.07, 6.45) is 7.20. The van der Waals surface area contributed by atoms with Crippen LogP contribution in [0.3, 0.4) is 0 Å². The zero-order valence-electron chi connectivity index (χ0n) is 15.1. The molecular formula is C21H22N4O2. The number of aromatic nitrogens is 3. The van der Waals surface area contributed by atoms with Crippen molar-refractivity contribution in [1.82, 2.24) is 20.0 Å². The van der Waals surface area contributed by atoms with Crippen molar-refractivity contribution in [2.75, 3.05) is 0 Å². The van der Waals surface area contributed by atoms with Crippen molar-refractivity contribution < 1.29 is 9.32 Å². The number of pyridine rings is 1. The van der Waals surface area contributed by atoms with Crippen molar-refractivity contribution in [1.29, 1.82) is 0 Å². The molecule has 138 valence electrons. The van der Waals surface area contributed by atoms with Crippen LogP contribution in [0.25, 0.3) is 0 Å². The van der Waals surface area contributed by atoms with Gasteiger partial charge in [-0.2, -0.15) is 4.98 Å². The minimum atomic E-state index is 0.129. The standard InChI is InChI=1S/C21H22N4O2/c26-21(25(18-8-9-18)15-17-7-4-12-22-14-17)11-10-20-23-19(24-27-20)13-16-5-2-1-3-6-16/h1-7,12,14,18H,8-11,13,15H2. The fraction of sp³-hybridized carbons (Fsp3) is 0.333. The summed E-state index contributed by atoms with van der Waals surface area (Å²) in [4.78, 5) is 23.2. The van der Waals surface area contributed by atoms with E-state index in [1.54, 1.807) is 6.20 Å². The van der Waals surface area contributed by atoms with Gasteiger partial charge >= 0.3 is 0 Å². The zero-order valence-corrected chi connectivity index (χ0v) is 15.1. The number of hydrogen-bond acceptors (Lipinski definition) is 5. The summed E-state index contributed by atoms with van der Waals surface area (Å²) in [6, 6.07) is 14.3. The van der Waals surface area contributed by atoms with E-state index in [0.29, 0.717) is 43.6 Å². The van der Waals surface area contributed by atoms with Gasteiger partial charge in [0.1, 0.15) is 0 Å². The van der Waals surface area contributed by atoms with Gasteiger partial charge in [0, 0.05) is 44.2 Å². The maximum Gasteiger partial charge on any atom is 0.227 e. The van der Waals surface area contributed by atoms with Crippen LogP contribution in [0.5, 0.6) is 0 Å². The molecule has 0 radical (unpaired) electrons. The molecule has 0 unspecified atom stereocenters. The third kappa shape index (κ3) is 4.78. The summed E-state index contributed by atoms with van der Waals surface area (Å²) in [6.45, 7) is 0.612. The molecule has 2 heterocycles. The van der Waals surface area contributed by atoms with Crippen molar-refractivity contribution in [2.24, 2.45) is 0 Å². The Kier molecular flexibility index (Phi) is 5.23. The first-order valence-electron chi connectivity index (χ1n) is 9.32. The highest BCUT2D eigenvalue weighted by atomic mass is 16.5. The van der Waals surface area contributed by atoms with Gasteiger partial charge < -0.3 is 9.42 Å². The molecule has 2 aromatic heterocycles. The van der Waals surface area contributed by atoms with E-state index < -0.39 is 0 Å². The van der Waals surface area contributed by atoms with Gasteiger partial charge in [-0.1, -0.05) is 41.6 Å². The molecule has 3 aromatic rings. The Morgan fingerprint density at radius 1 is 1.11 bits per heavy atom. The lowest BCUT2D eigenvalue weighted by Gasteiger charge is -2.22. The molecule has 0 spiro atoms. The number of hydrogen-bond donors (Lipinski definition) is 0. The molecule has 0 N–H and O–H groups in total. The third-order valence-electron chi connectivity index (χ3n) is 4.65. The molecule has 1 aliphatic carbocycles. The lowest BCUT2D eigenvalue weighted by atomic mass is 10.1. The van der Waals surface area contributed by atoms with Gasteiger partial charge in [-0.25, -0.2) is 0 Å². The van der Waals surface area contributed by atoms with Crippen LogP contribution < -0.4 is 0 Å². The molecule has 0 bridgehead atoms. The second-order valence-corrected chi connectivity index (χ2v) is 6.88. The number of carbonyl (C=O) groups excluding carboxylic acids is 1. The van der Waals surface area contributed by atoms with E-state index in [0.717, 1.165) is 24.0 Å². The maximum absolute atomic E-state index is 12.7. The van der Waals surface area contributed by atoms with Gasteiger partial charge in [-0.15, -0.1) is 0 Å². The molecule has 1 aromatic carbocycles. The van der Waals surface area contributed by atoms with E-state index in [-0.39, 0.29) is 5.91 Å². The fourth-order valence-electron chi connectivity index (χ4n) is 3.09. The third-order valence-corrected chi connectivity index (χ3v) is 4.65. The van der Waals surface area contributed by atoms with Crippen molar-refractivity contribution in [3.8, 4) is 0 Å². The highest BCUT2D eigenvalue weighted by Gasteiger charge is 2.32. The molecule has 4 rings (SSSR count). The first kappa shape index (κ1) is 17.4. The molecule has 1 fully saturated rings. The number of aryl methyl sites for hydroxylation is 1. The Labute approximate surface area is 158 Å². The lowest BCUT2D eigenvalue weighted by molar-refractivity contribution is -0.132. The topological polar surface area (TPSA) is 72.1 Å². The van der Waals surface area contributed by atoms with E-state index in [9.17, 15) is 4.79 Å². The van der Waals surface area contributed by atoms with Gasteiger partial charge in [-0.05, 0) is 30.0 Å². The van der Waals surface area contributed by atoms with E-state index >= 15 is 0 Å². The summed E-state index contributed by atoms with van der Waals surface area (Å²) in [5.74, 6) is 1.30. The summed E-state index contributed by atoms with van der Waals surface area (Å²) in [7, 11) is 0. The molecule has 1 amide bonds. The Morgan fingerprint density at radius 2 is 1.93 bits per heavy atom. The van der Waals surface area contributed by atoms with Crippen LogP contribution in [0.15, 0.2) is 59.4 Å². The number of carbonyl (C=O) groups is 1. The van der Waals surface area contributed by atoms with E-state index in [1.807, 2.05) is 53.6 Å². The number of nitrogens with zero attached hydrogens (tertiary/aromatic N) is 4. The van der Waals surface area contributed by atoms with Gasteiger partial charge in [0.2, 0.25) is 11.8 Å². The summed E-state index contributed by atoms with van der Waals surface area (Å²) in [5, 5.41) is 4.03. The quantitative estimate of drug-likeness (QED) is 0.615. The largest absolute Gasteiger partial charge is 0.339 e. The van der Waals surface area contributed by atoms with E-state index in [2.05, 4.69) is 15.1 Å². The number of benzene rings is 1. The monoisotopic (exact) mass is 362 g/mol. The smallest absolute Gasteiger partial charge is 0.227 e. The first-order valence-corrected chi connectivity index (χ1v) is 9.32. The molecule has 0 atom stereocenters. The van der Waals surface area contributed by atoms with Crippen molar-refractivity contribution >= 4 is 5.91 Å². The normalized spacial score (nSPS) is 13.5. The van der Waals surface area contributed by atoms with Crippen LogP contribution in [0, 0.1) is 0 Å². The summed E-state index contributed by atoms with van der Waals surface area (Å²) >= 11 is 0. The minimum absolute atomic E-state index is 0.129. The highest BCUT2D eigenvalue weighted by Crippen LogP contribution is 2.29. The molecule has 27 heavy (non-hydrogen) atoms. The average molecular weight is 362 g/mol. The zero-order chi connectivity index (χ0) is 18.5. The number of amides is 1. The van der Waals surface area contributed by atoms with Crippen molar-refractivity contribution in [3.05, 3.63) is 77.7 Å². The first-order chi connectivity index (χ1) is 13.3. The summed E-state index contributed by atoms with van der Waals surface area (Å²) < 4.78 is 5.32. The average Bonchev–Trinajstić information content (AvgIpc) is 3.45. The van der Waals surface area contributed by atoms with Crippen molar-refractivity contribution in [2.45, 2.75) is 44.7 Å². The van der Waals surface area contributed by atoms with Crippen LogP contribution in [0.4, 0.5) is 0 Å². The predicted molar refractivity (Wildman–Crippen MR) is 99.7 cm³/mol. The SMILES string of the molecule is O=C(CCc1nc(Cc2ccccc2)no1)N(Cc1cccnc1)C1CC1. The van der Waals surface area contributed by atoms with Gasteiger partial charge in [0.05, 0.1) is 0 Å². The van der Waals surface area contributed by atoms with Crippen molar-refractivity contribution in [3.63, 3.8) is 0 Å². The molecule has 1 saturated carbocycles. The molecular weight excluding hydrogens is 340 g/mol. The molecule has 0 aliphatic heterocycles. The van der Waals surface area contributed by atoms with Gasteiger partial charge in [0.15, 0.2) is 5.82 Å². The van der Waals surface area contributed by atoms with E-state index in [1.165, 1.54) is 0 Å². The summed E-state index contributed by atoms with van der Waals surface area (Å²) in [5.41, 5.74) is 2.19. The second-order valence-electron chi connectivity index (χ2n) is 6.88. The molecule has 1 aliphatic rings. The highest BCUT2D eigenvalue weighted by molar-refractivity contribution is 5.77. The van der Waals surface area contributed by atoms with Gasteiger partial charge in [0.25, 0.3) is 0 Å². The maximum atomic E-state index is 12.7. The van der Waals surface area contributed by atoms with Crippen LogP contribution in [-0.4, -0.2) is 32.0 Å². The predicted octanol–water partition coefficient (Wildman–Crippen LogP) is 3.18. The van der Waals surface area contributed by atoms with E-state index in [4.69, 9.17) is 4.52 Å². The van der Waals surface area contributed by atoms with Crippen LogP contribution in [0.2, 0.25) is 0 Å². The lowest BCUT2D eigenvalue weighted by Crippen LogP contribution is -2.32. The van der Waals surface area contributed by atoms with Crippen LogP contribution in [-0.2, 0) is 24.2 Å². The Balaban J connectivity index is 1.33. The second kappa shape index (κ2) is 8.12. The fourth-order valence-corrected chi connectivity index (χ4v) is 3.09. The molecule has 6 nitrogen and oxygen atoms in total. The Hall–Kier alpha value is -3.02. The number of rotatable bonds is 8. The van der Waals surface area contributed by atoms with Gasteiger partial charge in [-0.3, -0.25) is 9.78 Å². The Morgan fingerprint density at radius 3 is 2.67 bits per heavy atom. The minimum Gasteiger partial charge on any atom is -0.339 e. The molecule has 0 saturated heterocycles. The van der Waals surface area contributed by atoms with Crippen LogP contribution >= 0.6 is 0 Å². The Bertz CT molecular complexity index is 875. The molecule has 6 heteroatoms.